The summed E-state index contributed by atoms with van der Waals surface area (Å²) in [4.78, 5) is 25.8. The number of rotatable bonds is 4. The normalized spacial score (nSPS) is 22.5. The van der Waals surface area contributed by atoms with Gasteiger partial charge in [-0.1, -0.05) is 5.16 Å². The highest BCUT2D eigenvalue weighted by Gasteiger charge is 2.42. The van der Waals surface area contributed by atoms with Crippen LogP contribution in [0.1, 0.15) is 22.7 Å². The van der Waals surface area contributed by atoms with Crippen molar-refractivity contribution in [2.75, 3.05) is 59.7 Å². The van der Waals surface area contributed by atoms with Gasteiger partial charge in [0.1, 0.15) is 5.76 Å². The molecule has 1 aromatic rings. The molecule has 3 rings (SSSR count). The first-order chi connectivity index (χ1) is 14.1. The van der Waals surface area contributed by atoms with Crippen LogP contribution in [-0.2, 0) is 14.3 Å². The van der Waals surface area contributed by atoms with Gasteiger partial charge in [0.2, 0.25) is 0 Å². The van der Waals surface area contributed by atoms with Crippen LogP contribution in [0.25, 0.3) is 0 Å². The second-order valence-electron chi connectivity index (χ2n) is 7.42. The Bertz CT molecular complexity index is 726. The summed E-state index contributed by atoms with van der Waals surface area (Å²) in [5, 5.41) is 11.0. The molecule has 1 atom stereocenters. The van der Waals surface area contributed by atoms with Crippen molar-refractivity contribution in [2.45, 2.75) is 19.5 Å². The SMILES string of the molecule is COCCN1CCC2(COCCN(C(=O)c3cc(C)on3)C2)C1.O=C(O)C(F)(F)F. The van der Waals surface area contributed by atoms with E-state index in [-0.39, 0.29) is 11.3 Å². The highest BCUT2D eigenvalue weighted by atomic mass is 19.4. The zero-order valence-electron chi connectivity index (χ0n) is 16.9. The molecule has 30 heavy (non-hydrogen) atoms. The standard InChI is InChI=1S/C16H25N3O4.C2HF3O2/c1-13-9-14(17-23-13)15(20)19-6-8-22-12-16(11-19)3-4-18(10-16)5-7-21-2;3-2(4,5)1(6)7/h9H,3-8,10-12H2,1-2H3;(H,6,7). The number of aryl methyl sites for hydroxylation is 1. The van der Waals surface area contributed by atoms with Crippen molar-refractivity contribution in [1.29, 1.82) is 0 Å². The van der Waals surface area contributed by atoms with Gasteiger partial charge in [0.25, 0.3) is 5.91 Å². The summed E-state index contributed by atoms with van der Waals surface area (Å²) in [6.45, 7) is 8.01. The molecule has 0 aromatic carbocycles. The minimum atomic E-state index is -5.08. The number of halogens is 3. The number of aliphatic carboxylic acids is 1. The molecule has 0 bridgehead atoms. The van der Waals surface area contributed by atoms with E-state index in [4.69, 9.17) is 23.9 Å². The van der Waals surface area contributed by atoms with Gasteiger partial charge in [-0.25, -0.2) is 4.79 Å². The molecule has 2 aliphatic heterocycles. The fourth-order valence-corrected chi connectivity index (χ4v) is 3.48. The fraction of sp³-hybridized carbons (Fsp3) is 0.722. The van der Waals surface area contributed by atoms with E-state index in [1.54, 1.807) is 20.1 Å². The quantitative estimate of drug-likeness (QED) is 0.754. The van der Waals surface area contributed by atoms with Gasteiger partial charge in [0.05, 0.1) is 19.8 Å². The fourth-order valence-electron chi connectivity index (χ4n) is 3.48. The number of carbonyl (C=O) groups excluding carboxylic acids is 1. The van der Waals surface area contributed by atoms with E-state index in [2.05, 4.69) is 10.1 Å². The number of ether oxygens (including phenoxy) is 2. The number of alkyl halides is 3. The second-order valence-corrected chi connectivity index (χ2v) is 7.42. The van der Waals surface area contributed by atoms with Crippen LogP contribution in [0, 0.1) is 12.3 Å². The van der Waals surface area contributed by atoms with Crippen molar-refractivity contribution in [3.8, 4) is 0 Å². The minimum absolute atomic E-state index is 0.0126. The summed E-state index contributed by atoms with van der Waals surface area (Å²) in [5.41, 5.74) is 0.396. The monoisotopic (exact) mass is 437 g/mol. The van der Waals surface area contributed by atoms with E-state index in [0.29, 0.717) is 37.8 Å². The van der Waals surface area contributed by atoms with Gasteiger partial charge < -0.3 is 28.9 Å². The predicted molar refractivity (Wildman–Crippen MR) is 97.0 cm³/mol. The molecule has 0 saturated carbocycles. The maximum atomic E-state index is 12.7. The van der Waals surface area contributed by atoms with E-state index in [0.717, 1.165) is 32.7 Å². The average molecular weight is 437 g/mol. The predicted octanol–water partition coefficient (Wildman–Crippen LogP) is 1.43. The summed E-state index contributed by atoms with van der Waals surface area (Å²) < 4.78 is 47.7. The van der Waals surface area contributed by atoms with Gasteiger partial charge in [0.15, 0.2) is 5.69 Å². The van der Waals surface area contributed by atoms with E-state index in [1.807, 2.05) is 4.90 Å². The van der Waals surface area contributed by atoms with Crippen LogP contribution < -0.4 is 0 Å². The van der Waals surface area contributed by atoms with Crippen molar-refractivity contribution < 1.29 is 41.9 Å². The third-order valence-corrected chi connectivity index (χ3v) is 4.95. The van der Waals surface area contributed by atoms with Gasteiger partial charge >= 0.3 is 12.1 Å². The number of hydrogen-bond acceptors (Lipinski definition) is 7. The van der Waals surface area contributed by atoms with Crippen molar-refractivity contribution >= 4 is 11.9 Å². The van der Waals surface area contributed by atoms with E-state index in [1.165, 1.54) is 0 Å². The summed E-state index contributed by atoms with van der Waals surface area (Å²) in [5.74, 6) is -2.17. The lowest BCUT2D eigenvalue weighted by Gasteiger charge is -2.31. The minimum Gasteiger partial charge on any atom is -0.475 e. The smallest absolute Gasteiger partial charge is 0.475 e. The molecular weight excluding hydrogens is 411 g/mol. The Morgan fingerprint density at radius 1 is 1.33 bits per heavy atom. The summed E-state index contributed by atoms with van der Waals surface area (Å²) in [7, 11) is 1.72. The van der Waals surface area contributed by atoms with Crippen molar-refractivity contribution in [3.63, 3.8) is 0 Å². The van der Waals surface area contributed by atoms with Crippen LogP contribution in [0.3, 0.4) is 0 Å². The number of likely N-dealkylation sites (tertiary alicyclic amines) is 1. The molecule has 1 N–H and O–H groups in total. The summed E-state index contributed by atoms with van der Waals surface area (Å²) >= 11 is 0. The number of carbonyl (C=O) groups is 2. The highest BCUT2D eigenvalue weighted by molar-refractivity contribution is 5.92. The number of carboxylic acids is 1. The molecule has 3 heterocycles. The van der Waals surface area contributed by atoms with Crippen molar-refractivity contribution in [1.82, 2.24) is 15.0 Å². The van der Waals surface area contributed by atoms with E-state index in [9.17, 15) is 18.0 Å². The lowest BCUT2D eigenvalue weighted by Crippen LogP contribution is -2.43. The first-order valence-corrected chi connectivity index (χ1v) is 9.38. The third-order valence-electron chi connectivity index (χ3n) is 4.95. The highest BCUT2D eigenvalue weighted by Crippen LogP contribution is 2.33. The average Bonchev–Trinajstić information content (AvgIpc) is 3.21. The Balaban J connectivity index is 0.000000396. The van der Waals surface area contributed by atoms with Crippen LogP contribution in [0.5, 0.6) is 0 Å². The zero-order chi connectivity index (χ0) is 22.4. The molecule has 2 saturated heterocycles. The topological polar surface area (TPSA) is 105 Å². The van der Waals surface area contributed by atoms with Crippen LogP contribution >= 0.6 is 0 Å². The van der Waals surface area contributed by atoms with Crippen molar-refractivity contribution in [3.05, 3.63) is 17.5 Å². The van der Waals surface area contributed by atoms with Gasteiger partial charge in [0, 0.05) is 44.8 Å². The van der Waals surface area contributed by atoms with Crippen molar-refractivity contribution in [2.24, 2.45) is 5.41 Å². The molecule has 1 aromatic heterocycles. The third kappa shape index (κ3) is 6.67. The molecule has 9 nitrogen and oxygen atoms in total. The molecule has 2 fully saturated rings. The maximum Gasteiger partial charge on any atom is 0.490 e. The van der Waals surface area contributed by atoms with Gasteiger partial charge in [-0.05, 0) is 19.9 Å². The van der Waals surface area contributed by atoms with Gasteiger partial charge in [-0.15, -0.1) is 0 Å². The van der Waals surface area contributed by atoms with Gasteiger partial charge in [-0.3, -0.25) is 4.79 Å². The molecule has 0 radical (unpaired) electrons. The number of amides is 1. The zero-order valence-corrected chi connectivity index (χ0v) is 16.9. The van der Waals surface area contributed by atoms with Crippen LogP contribution in [0.15, 0.2) is 10.6 Å². The first kappa shape index (κ1) is 24.1. The number of methoxy groups -OCH3 is 1. The molecule has 1 amide bonds. The van der Waals surface area contributed by atoms with Gasteiger partial charge in [-0.2, -0.15) is 13.2 Å². The summed E-state index contributed by atoms with van der Waals surface area (Å²) in [6.07, 6.45) is -4.04. The molecule has 170 valence electrons. The molecule has 1 unspecified atom stereocenters. The second kappa shape index (κ2) is 10.2. The first-order valence-electron chi connectivity index (χ1n) is 9.38. The summed E-state index contributed by atoms with van der Waals surface area (Å²) in [6, 6.07) is 1.69. The van der Waals surface area contributed by atoms with Crippen LogP contribution in [0.2, 0.25) is 0 Å². The number of nitrogens with zero attached hydrogens (tertiary/aromatic N) is 3. The Morgan fingerprint density at radius 3 is 2.60 bits per heavy atom. The Hall–Kier alpha value is -2.18. The largest absolute Gasteiger partial charge is 0.490 e. The lowest BCUT2D eigenvalue weighted by atomic mass is 9.87. The van der Waals surface area contributed by atoms with E-state index < -0.39 is 12.1 Å². The van der Waals surface area contributed by atoms with E-state index >= 15 is 0 Å². The molecule has 2 aliphatic rings. The van der Waals surface area contributed by atoms with Crippen LogP contribution in [0.4, 0.5) is 13.2 Å². The molecule has 1 spiro atoms. The Labute approximate surface area is 171 Å². The maximum absolute atomic E-state index is 12.7. The van der Waals surface area contributed by atoms with Crippen LogP contribution in [-0.4, -0.2) is 97.8 Å². The number of hydrogen-bond donors (Lipinski definition) is 1. The lowest BCUT2D eigenvalue weighted by molar-refractivity contribution is -0.192. The number of aromatic nitrogens is 1. The molecule has 0 aliphatic carbocycles. The molecule has 12 heteroatoms. The Morgan fingerprint density at radius 2 is 2.03 bits per heavy atom. The number of carboxylic acid groups (broad SMARTS) is 1. The molecular formula is C18H26F3N3O6. The Kier molecular flexibility index (Phi) is 8.21.